The largest absolute Gasteiger partial charge is 0.508 e. The van der Waals surface area contributed by atoms with E-state index in [1.165, 1.54) is 0 Å². The summed E-state index contributed by atoms with van der Waals surface area (Å²) in [5, 5.41) is 127. The molecule has 0 unspecified atom stereocenters. The molecule has 2 heterocycles. The van der Waals surface area contributed by atoms with Crippen molar-refractivity contribution in [1.29, 1.82) is 0 Å². The number of phenolic OH excluding ortho intramolecular Hbond substituents is 10. The van der Waals surface area contributed by atoms with E-state index in [1.807, 2.05) is 0 Å². The molecule has 0 amide bonds. The molecule has 6 rings (SSSR count). The van der Waals surface area contributed by atoms with Crippen LogP contribution in [0.1, 0.15) is 46.3 Å². The molecule has 14 nitrogen and oxygen atoms in total. The first-order valence-corrected chi connectivity index (χ1v) is 13.1. The van der Waals surface area contributed by atoms with E-state index in [2.05, 4.69) is 0 Å². The van der Waals surface area contributed by atoms with Crippen LogP contribution in [0.4, 0.5) is 0 Å². The summed E-state index contributed by atoms with van der Waals surface area (Å²) < 4.78 is 11.8. The number of aliphatic hydroxyl groups is 2. The zero-order chi connectivity index (χ0) is 31.8. The zero-order valence-electron chi connectivity index (χ0n) is 22.3. The number of fused-ring (bicyclic) bond motifs is 2. The highest BCUT2D eigenvalue weighted by molar-refractivity contribution is 5.61. The first-order chi connectivity index (χ1) is 20.8. The monoisotopic (exact) mass is 610 g/mol. The highest BCUT2D eigenvalue weighted by atomic mass is 16.5. The number of phenols is 10. The van der Waals surface area contributed by atoms with E-state index < -0.39 is 93.7 Å². The molecule has 2 aliphatic heterocycles. The lowest BCUT2D eigenvalue weighted by molar-refractivity contribution is -0.0540. The van der Waals surface area contributed by atoms with Crippen LogP contribution in [-0.2, 0) is 0 Å². The highest BCUT2D eigenvalue weighted by Gasteiger charge is 2.52. The van der Waals surface area contributed by atoms with Crippen molar-refractivity contribution >= 4 is 0 Å². The van der Waals surface area contributed by atoms with Gasteiger partial charge in [0.1, 0.15) is 46.7 Å². The van der Waals surface area contributed by atoms with Crippen LogP contribution >= 0.6 is 0 Å². The fraction of sp³-hybridized carbons (Fsp3) is 0.200. The number of ether oxygens (including phenoxy) is 2. The van der Waals surface area contributed by atoms with Crippen molar-refractivity contribution in [2.24, 2.45) is 0 Å². The van der Waals surface area contributed by atoms with Crippen molar-refractivity contribution in [2.75, 3.05) is 0 Å². The quantitative estimate of drug-likeness (QED) is 0.149. The third-order valence-corrected chi connectivity index (χ3v) is 7.97. The minimum atomic E-state index is -1.76. The Balaban J connectivity index is 1.59. The first kappa shape index (κ1) is 28.5. The van der Waals surface area contributed by atoms with Gasteiger partial charge in [-0.15, -0.1) is 0 Å². The molecule has 0 aliphatic carbocycles. The summed E-state index contributed by atoms with van der Waals surface area (Å²) in [5.74, 6) is -9.99. The average Bonchev–Trinajstić information content (AvgIpc) is 2.94. The van der Waals surface area contributed by atoms with Gasteiger partial charge in [0.25, 0.3) is 0 Å². The van der Waals surface area contributed by atoms with Gasteiger partial charge >= 0.3 is 0 Å². The van der Waals surface area contributed by atoms with Crippen molar-refractivity contribution in [1.82, 2.24) is 0 Å². The Morgan fingerprint density at radius 2 is 0.727 bits per heavy atom. The molecule has 0 fully saturated rings. The maximum atomic E-state index is 11.9. The molecule has 12 N–H and O–H groups in total. The Labute approximate surface area is 247 Å². The molecule has 0 bridgehead atoms. The van der Waals surface area contributed by atoms with Crippen LogP contribution in [-0.4, -0.2) is 73.5 Å². The zero-order valence-corrected chi connectivity index (χ0v) is 22.3. The molecule has 44 heavy (non-hydrogen) atoms. The second-order valence-electron chi connectivity index (χ2n) is 10.7. The number of aromatic hydroxyl groups is 10. The fourth-order valence-electron chi connectivity index (χ4n) is 6.09. The van der Waals surface area contributed by atoms with Crippen LogP contribution in [0.5, 0.6) is 69.0 Å². The summed E-state index contributed by atoms with van der Waals surface area (Å²) >= 11 is 0. The number of hydrogen-bond donors (Lipinski definition) is 12. The Hall–Kier alpha value is -5.60. The third kappa shape index (κ3) is 4.35. The standard InChI is InChI=1S/C30H26O14/c31-11-5-13(33)21-19(7-11)43-29(9-1-15(35)25(39)16(36)2-9)27(41)23(21)24-22-14(34)6-12(32)8-20(22)44-30(28(24)42)10-3-17(37)26(40)18(38)4-10/h1-8,23-24,27-42H/t23-,24-,27-,28-,29+,30+/m0/s1. The van der Waals surface area contributed by atoms with Crippen molar-refractivity contribution in [3.63, 3.8) is 0 Å². The number of aliphatic hydroxyl groups excluding tert-OH is 2. The minimum absolute atomic E-state index is 0.0644. The maximum Gasteiger partial charge on any atom is 0.200 e. The Kier molecular flexibility index (Phi) is 6.48. The van der Waals surface area contributed by atoms with Gasteiger partial charge in [-0.05, 0) is 24.3 Å². The molecule has 0 aromatic heterocycles. The molecule has 0 radical (unpaired) electrons. The molecule has 230 valence electrons. The van der Waals surface area contributed by atoms with Crippen LogP contribution in [0, 0.1) is 0 Å². The Bertz CT molecular complexity index is 1630. The SMILES string of the molecule is Oc1cc(O)c2c(c1)O[C@H](c1cc(O)c(O)c(O)c1)[C@@H](O)[C@@H]2[C@@H]1c2c(O)cc(O)cc2O[C@H](c2cc(O)c(O)c(O)c2)[C@H]1O. The van der Waals surface area contributed by atoms with Gasteiger partial charge < -0.3 is 70.8 Å². The van der Waals surface area contributed by atoms with Crippen LogP contribution in [0.3, 0.4) is 0 Å². The van der Waals surface area contributed by atoms with E-state index in [4.69, 9.17) is 9.47 Å². The van der Waals surface area contributed by atoms with Gasteiger partial charge in [-0.25, -0.2) is 0 Å². The van der Waals surface area contributed by atoms with Gasteiger partial charge in [0, 0.05) is 58.4 Å². The lowest BCUT2D eigenvalue weighted by atomic mass is 9.68. The van der Waals surface area contributed by atoms with Gasteiger partial charge in [0.05, 0.1) is 0 Å². The highest BCUT2D eigenvalue weighted by Crippen LogP contribution is 2.60. The molecule has 4 aromatic carbocycles. The van der Waals surface area contributed by atoms with Crippen LogP contribution < -0.4 is 9.47 Å². The number of hydrogen-bond acceptors (Lipinski definition) is 14. The second kappa shape index (κ2) is 10.00. The molecular formula is C30H26O14. The molecule has 14 heteroatoms. The lowest BCUT2D eigenvalue weighted by Crippen LogP contribution is -2.44. The predicted octanol–water partition coefficient (Wildman–Crippen LogP) is 2.60. The topological polar surface area (TPSA) is 261 Å². The molecule has 2 aliphatic rings. The summed E-state index contributed by atoms with van der Waals surface area (Å²) in [5.41, 5.74) is -0.382. The summed E-state index contributed by atoms with van der Waals surface area (Å²) in [6, 6.07) is 8.14. The first-order valence-electron chi connectivity index (χ1n) is 13.1. The van der Waals surface area contributed by atoms with Gasteiger partial charge in [-0.2, -0.15) is 0 Å². The smallest absolute Gasteiger partial charge is 0.200 e. The summed E-state index contributed by atoms with van der Waals surface area (Å²) in [6.07, 6.45) is -6.49. The van der Waals surface area contributed by atoms with Crippen LogP contribution in [0.15, 0.2) is 48.5 Å². The molecule has 0 saturated carbocycles. The Morgan fingerprint density at radius 3 is 1.05 bits per heavy atom. The van der Waals surface area contributed by atoms with Gasteiger partial charge in [0.15, 0.2) is 46.7 Å². The average molecular weight is 611 g/mol. The van der Waals surface area contributed by atoms with Crippen molar-refractivity contribution in [3.05, 3.63) is 70.8 Å². The molecule has 0 saturated heterocycles. The molecule has 6 atom stereocenters. The molecular weight excluding hydrogens is 584 g/mol. The fourth-order valence-corrected chi connectivity index (χ4v) is 6.09. The predicted molar refractivity (Wildman–Crippen MR) is 147 cm³/mol. The van der Waals surface area contributed by atoms with E-state index in [9.17, 15) is 61.3 Å². The van der Waals surface area contributed by atoms with E-state index in [1.54, 1.807) is 0 Å². The van der Waals surface area contributed by atoms with Crippen LogP contribution in [0.2, 0.25) is 0 Å². The van der Waals surface area contributed by atoms with Crippen LogP contribution in [0.25, 0.3) is 0 Å². The summed E-state index contributed by atoms with van der Waals surface area (Å²) in [7, 11) is 0. The van der Waals surface area contributed by atoms with Crippen molar-refractivity contribution in [3.8, 4) is 69.0 Å². The van der Waals surface area contributed by atoms with Gasteiger partial charge in [0.2, 0.25) is 0 Å². The number of rotatable bonds is 3. The summed E-state index contributed by atoms with van der Waals surface area (Å²) in [4.78, 5) is 0. The Morgan fingerprint density at radius 1 is 0.409 bits per heavy atom. The van der Waals surface area contributed by atoms with E-state index in [0.717, 1.165) is 48.5 Å². The van der Waals surface area contributed by atoms with E-state index >= 15 is 0 Å². The van der Waals surface area contributed by atoms with Gasteiger partial charge in [-0.3, -0.25) is 0 Å². The minimum Gasteiger partial charge on any atom is -0.508 e. The molecule has 4 aromatic rings. The van der Waals surface area contributed by atoms with Crippen molar-refractivity contribution in [2.45, 2.75) is 36.3 Å². The number of benzene rings is 4. The third-order valence-electron chi connectivity index (χ3n) is 7.97. The van der Waals surface area contributed by atoms with E-state index in [-0.39, 0.29) is 33.8 Å². The normalized spacial score (nSPS) is 24.0. The summed E-state index contributed by atoms with van der Waals surface area (Å²) in [6.45, 7) is 0. The van der Waals surface area contributed by atoms with Crippen molar-refractivity contribution < 1.29 is 70.8 Å². The van der Waals surface area contributed by atoms with Gasteiger partial charge in [-0.1, -0.05) is 0 Å². The maximum absolute atomic E-state index is 11.9. The lowest BCUT2D eigenvalue weighted by Gasteiger charge is -2.46. The second-order valence-corrected chi connectivity index (χ2v) is 10.7. The van der Waals surface area contributed by atoms with E-state index in [0.29, 0.717) is 0 Å². The molecule has 0 spiro atoms.